The van der Waals surface area contributed by atoms with Gasteiger partial charge in [0.05, 0.1) is 30.4 Å². The molecule has 0 bridgehead atoms. The van der Waals surface area contributed by atoms with E-state index >= 15 is 0 Å². The van der Waals surface area contributed by atoms with Crippen LogP contribution in [0.3, 0.4) is 0 Å². The van der Waals surface area contributed by atoms with E-state index < -0.39 is 0 Å². The molecule has 24 heavy (non-hydrogen) atoms. The van der Waals surface area contributed by atoms with Crippen molar-refractivity contribution < 1.29 is 19.0 Å². The van der Waals surface area contributed by atoms with Gasteiger partial charge in [0.2, 0.25) is 0 Å². The highest BCUT2D eigenvalue weighted by Crippen LogP contribution is 2.38. The lowest BCUT2D eigenvalue weighted by Crippen LogP contribution is -2.12. The standard InChI is InChI=1S/C17H15Cl2NO4/c1-22-14-4-3-11(9-12(14)18)20-17(21)10-7-13(19)16-15(8-10)23-5-2-6-24-16/h3-4,7-9H,2,5-6H2,1H3,(H,20,21). The summed E-state index contributed by atoms with van der Waals surface area (Å²) in [7, 11) is 1.53. The zero-order valence-corrected chi connectivity index (χ0v) is 14.4. The van der Waals surface area contributed by atoms with Crippen molar-refractivity contribution in [3.8, 4) is 17.2 Å². The van der Waals surface area contributed by atoms with Gasteiger partial charge in [-0.2, -0.15) is 0 Å². The number of ether oxygens (including phenoxy) is 3. The molecule has 126 valence electrons. The highest BCUT2D eigenvalue weighted by Gasteiger charge is 2.18. The maximum absolute atomic E-state index is 12.5. The molecule has 0 aliphatic carbocycles. The summed E-state index contributed by atoms with van der Waals surface area (Å²) in [5, 5.41) is 3.52. The lowest BCUT2D eigenvalue weighted by atomic mass is 10.1. The van der Waals surface area contributed by atoms with Gasteiger partial charge >= 0.3 is 0 Å². The first-order chi connectivity index (χ1) is 11.6. The van der Waals surface area contributed by atoms with Crippen molar-refractivity contribution in [3.63, 3.8) is 0 Å². The smallest absolute Gasteiger partial charge is 0.255 e. The molecule has 0 fully saturated rings. The van der Waals surface area contributed by atoms with E-state index in [1.807, 2.05) is 0 Å². The molecule has 5 nitrogen and oxygen atoms in total. The molecule has 3 rings (SSSR count). The SMILES string of the molecule is COc1ccc(NC(=O)c2cc(Cl)c3c(c2)OCCCO3)cc1Cl. The van der Waals surface area contributed by atoms with E-state index in [0.717, 1.165) is 6.42 Å². The number of hydrogen-bond donors (Lipinski definition) is 1. The number of hydrogen-bond acceptors (Lipinski definition) is 4. The molecule has 1 aliphatic rings. The molecule has 0 atom stereocenters. The number of carbonyl (C=O) groups excluding carboxylic acids is 1. The van der Waals surface area contributed by atoms with Crippen molar-refractivity contribution in [2.24, 2.45) is 0 Å². The van der Waals surface area contributed by atoms with Gasteiger partial charge in [0.1, 0.15) is 5.75 Å². The molecule has 0 radical (unpaired) electrons. The summed E-state index contributed by atoms with van der Waals surface area (Å²) in [6.45, 7) is 1.05. The molecule has 2 aromatic rings. The maximum atomic E-state index is 12.5. The van der Waals surface area contributed by atoms with Crippen molar-refractivity contribution >= 4 is 34.8 Å². The van der Waals surface area contributed by atoms with Crippen LogP contribution in [-0.4, -0.2) is 26.2 Å². The lowest BCUT2D eigenvalue weighted by Gasteiger charge is -2.12. The monoisotopic (exact) mass is 367 g/mol. The van der Waals surface area contributed by atoms with Crippen LogP contribution in [0, 0.1) is 0 Å². The van der Waals surface area contributed by atoms with Crippen molar-refractivity contribution in [2.75, 3.05) is 25.6 Å². The van der Waals surface area contributed by atoms with E-state index in [1.165, 1.54) is 7.11 Å². The number of amides is 1. The Labute approximate surface area is 149 Å². The molecule has 1 aliphatic heterocycles. The van der Waals surface area contributed by atoms with E-state index in [0.29, 0.717) is 51.8 Å². The largest absolute Gasteiger partial charge is 0.495 e. The number of halogens is 2. The van der Waals surface area contributed by atoms with Crippen LogP contribution in [0.1, 0.15) is 16.8 Å². The van der Waals surface area contributed by atoms with Crippen molar-refractivity contribution in [3.05, 3.63) is 45.9 Å². The van der Waals surface area contributed by atoms with Gasteiger partial charge in [0.15, 0.2) is 11.5 Å². The molecule has 0 saturated carbocycles. The van der Waals surface area contributed by atoms with Crippen molar-refractivity contribution in [2.45, 2.75) is 6.42 Å². The van der Waals surface area contributed by atoms with Crippen LogP contribution < -0.4 is 19.5 Å². The molecule has 1 heterocycles. The second kappa shape index (κ2) is 7.20. The first kappa shape index (κ1) is 16.7. The summed E-state index contributed by atoms with van der Waals surface area (Å²) in [6, 6.07) is 8.16. The molecule has 0 spiro atoms. The molecule has 1 amide bonds. The Balaban J connectivity index is 1.84. The van der Waals surface area contributed by atoms with Crippen molar-refractivity contribution in [1.29, 1.82) is 0 Å². The van der Waals surface area contributed by atoms with Crippen LogP contribution >= 0.6 is 23.2 Å². The van der Waals surface area contributed by atoms with Crippen LogP contribution in [0.15, 0.2) is 30.3 Å². The van der Waals surface area contributed by atoms with Crippen LogP contribution in [-0.2, 0) is 0 Å². The highest BCUT2D eigenvalue weighted by atomic mass is 35.5. The Morgan fingerprint density at radius 2 is 1.92 bits per heavy atom. The van der Waals surface area contributed by atoms with Gasteiger partial charge in [0.25, 0.3) is 5.91 Å². The number of rotatable bonds is 3. The zero-order chi connectivity index (χ0) is 17.1. The number of anilines is 1. The first-order valence-electron chi connectivity index (χ1n) is 7.32. The van der Waals surface area contributed by atoms with Crippen LogP contribution in [0.4, 0.5) is 5.69 Å². The average Bonchev–Trinajstić information content (AvgIpc) is 2.80. The zero-order valence-electron chi connectivity index (χ0n) is 12.9. The fourth-order valence-electron chi connectivity index (χ4n) is 2.31. The normalized spacial score (nSPS) is 13.1. The van der Waals surface area contributed by atoms with Gasteiger partial charge in [-0.1, -0.05) is 23.2 Å². The van der Waals surface area contributed by atoms with Gasteiger partial charge in [-0.15, -0.1) is 0 Å². The lowest BCUT2D eigenvalue weighted by molar-refractivity contribution is 0.102. The minimum Gasteiger partial charge on any atom is -0.495 e. The summed E-state index contributed by atoms with van der Waals surface area (Å²) in [4.78, 5) is 12.5. The third kappa shape index (κ3) is 3.52. The number of carbonyl (C=O) groups is 1. The summed E-state index contributed by atoms with van der Waals surface area (Å²) >= 11 is 12.3. The average molecular weight is 368 g/mol. The predicted molar refractivity (Wildman–Crippen MR) is 93.0 cm³/mol. The summed E-state index contributed by atoms with van der Waals surface area (Å²) in [6.07, 6.45) is 0.761. The maximum Gasteiger partial charge on any atom is 0.255 e. The molecule has 0 saturated heterocycles. The summed E-state index contributed by atoms with van der Waals surface area (Å²) in [5.74, 6) is 1.15. The molecule has 7 heteroatoms. The molecule has 2 aromatic carbocycles. The summed E-state index contributed by atoms with van der Waals surface area (Å²) < 4.78 is 16.2. The quantitative estimate of drug-likeness (QED) is 0.872. The minimum absolute atomic E-state index is 0.325. The molecule has 0 unspecified atom stereocenters. The molecular weight excluding hydrogens is 353 g/mol. The number of fused-ring (bicyclic) bond motifs is 1. The first-order valence-corrected chi connectivity index (χ1v) is 8.08. The Morgan fingerprint density at radius 3 is 2.67 bits per heavy atom. The Morgan fingerprint density at radius 1 is 1.12 bits per heavy atom. The van der Waals surface area contributed by atoms with Gasteiger partial charge in [-0.3, -0.25) is 4.79 Å². The van der Waals surface area contributed by atoms with E-state index in [4.69, 9.17) is 37.4 Å². The van der Waals surface area contributed by atoms with Gasteiger partial charge in [-0.25, -0.2) is 0 Å². The number of nitrogens with one attached hydrogen (secondary N) is 1. The minimum atomic E-state index is -0.325. The van der Waals surface area contributed by atoms with Crippen LogP contribution in [0.25, 0.3) is 0 Å². The van der Waals surface area contributed by atoms with E-state index in [-0.39, 0.29) is 5.91 Å². The number of methoxy groups -OCH3 is 1. The highest BCUT2D eigenvalue weighted by molar-refractivity contribution is 6.33. The van der Waals surface area contributed by atoms with E-state index in [1.54, 1.807) is 30.3 Å². The van der Waals surface area contributed by atoms with Gasteiger partial charge in [0, 0.05) is 17.7 Å². The third-order valence-corrected chi connectivity index (χ3v) is 4.05. The fraction of sp³-hybridized carbons (Fsp3) is 0.235. The van der Waals surface area contributed by atoms with Crippen molar-refractivity contribution in [1.82, 2.24) is 0 Å². The fourth-order valence-corrected chi connectivity index (χ4v) is 2.83. The second-order valence-electron chi connectivity index (χ2n) is 5.14. The molecule has 0 aromatic heterocycles. The van der Waals surface area contributed by atoms with Crippen LogP contribution in [0.2, 0.25) is 10.0 Å². The summed E-state index contributed by atoms with van der Waals surface area (Å²) in [5.41, 5.74) is 0.922. The van der Waals surface area contributed by atoms with Gasteiger partial charge in [-0.05, 0) is 30.3 Å². The molecule has 1 N–H and O–H groups in total. The Bertz CT molecular complexity index is 779. The second-order valence-corrected chi connectivity index (χ2v) is 5.95. The van der Waals surface area contributed by atoms with Gasteiger partial charge < -0.3 is 19.5 Å². The number of benzene rings is 2. The third-order valence-electron chi connectivity index (χ3n) is 3.47. The van der Waals surface area contributed by atoms with E-state index in [9.17, 15) is 4.79 Å². The topological polar surface area (TPSA) is 56.8 Å². The molecular formula is C17H15Cl2NO4. The Hall–Kier alpha value is -2.11. The Kier molecular flexibility index (Phi) is 5.02. The van der Waals surface area contributed by atoms with E-state index in [2.05, 4.69) is 5.32 Å². The van der Waals surface area contributed by atoms with Crippen LogP contribution in [0.5, 0.6) is 17.2 Å². The predicted octanol–water partition coefficient (Wildman–Crippen LogP) is 4.42.